The predicted molar refractivity (Wildman–Crippen MR) is 87.2 cm³/mol. The standard InChI is InChI=1S/C16H18FN5O2/c1-24-10-11(23)8-9-18-14-6-7-15-19-20-16(22(15)21-14)12-4-2-3-5-13(12)17/h2-7,11,23H,8-10H2,1H3,(H,18,21). The van der Waals surface area contributed by atoms with Crippen LogP contribution in [0.5, 0.6) is 0 Å². The first-order chi connectivity index (χ1) is 11.7. The summed E-state index contributed by atoms with van der Waals surface area (Å²) in [5.41, 5.74) is 0.864. The molecular weight excluding hydrogens is 313 g/mol. The van der Waals surface area contributed by atoms with Crippen LogP contribution in [0.1, 0.15) is 6.42 Å². The van der Waals surface area contributed by atoms with Crippen LogP contribution in [0.4, 0.5) is 10.2 Å². The van der Waals surface area contributed by atoms with Crippen LogP contribution in [-0.4, -0.2) is 51.3 Å². The number of benzene rings is 1. The van der Waals surface area contributed by atoms with Gasteiger partial charge < -0.3 is 15.2 Å². The van der Waals surface area contributed by atoms with E-state index in [1.54, 1.807) is 37.4 Å². The number of nitrogens with zero attached hydrogens (tertiary/aromatic N) is 4. The number of fused-ring (bicyclic) bond motifs is 1. The van der Waals surface area contributed by atoms with Gasteiger partial charge in [-0.25, -0.2) is 4.39 Å². The highest BCUT2D eigenvalue weighted by Crippen LogP contribution is 2.21. The third kappa shape index (κ3) is 3.50. The third-order valence-electron chi connectivity index (χ3n) is 3.52. The van der Waals surface area contributed by atoms with Gasteiger partial charge in [0.25, 0.3) is 0 Å². The van der Waals surface area contributed by atoms with Crippen molar-refractivity contribution in [2.45, 2.75) is 12.5 Å². The molecule has 126 valence electrons. The fourth-order valence-corrected chi connectivity index (χ4v) is 2.34. The predicted octanol–water partition coefficient (Wildman–Crippen LogP) is 1.74. The molecule has 0 aliphatic rings. The molecule has 7 nitrogen and oxygen atoms in total. The monoisotopic (exact) mass is 331 g/mol. The quantitative estimate of drug-likeness (QED) is 0.686. The fourth-order valence-electron chi connectivity index (χ4n) is 2.34. The second-order valence-corrected chi connectivity index (χ2v) is 5.32. The van der Waals surface area contributed by atoms with Gasteiger partial charge in [0.15, 0.2) is 11.5 Å². The molecule has 0 saturated heterocycles. The molecule has 3 rings (SSSR count). The first-order valence-electron chi connectivity index (χ1n) is 7.57. The number of aliphatic hydroxyl groups excluding tert-OH is 1. The molecular formula is C16H18FN5O2. The first kappa shape index (κ1) is 16.3. The van der Waals surface area contributed by atoms with Crippen LogP contribution in [-0.2, 0) is 4.74 Å². The Bertz CT molecular complexity index is 823. The summed E-state index contributed by atoms with van der Waals surface area (Å²) in [5.74, 6) is 0.547. The number of ether oxygens (including phenoxy) is 1. The normalized spacial score (nSPS) is 12.5. The third-order valence-corrected chi connectivity index (χ3v) is 3.52. The number of rotatable bonds is 7. The van der Waals surface area contributed by atoms with E-state index in [4.69, 9.17) is 4.74 Å². The lowest BCUT2D eigenvalue weighted by Gasteiger charge is -2.10. The lowest BCUT2D eigenvalue weighted by atomic mass is 10.2. The molecule has 0 amide bonds. The number of hydrogen-bond donors (Lipinski definition) is 2. The van der Waals surface area contributed by atoms with Crippen LogP contribution < -0.4 is 5.32 Å². The van der Waals surface area contributed by atoms with Crippen LogP contribution in [0, 0.1) is 5.82 Å². The molecule has 2 aromatic heterocycles. The molecule has 1 aromatic carbocycles. The molecule has 0 bridgehead atoms. The zero-order valence-electron chi connectivity index (χ0n) is 13.2. The number of nitrogens with one attached hydrogen (secondary N) is 1. The highest BCUT2D eigenvalue weighted by Gasteiger charge is 2.13. The second-order valence-electron chi connectivity index (χ2n) is 5.32. The van der Waals surface area contributed by atoms with Crippen molar-refractivity contribution in [2.75, 3.05) is 25.6 Å². The van der Waals surface area contributed by atoms with Gasteiger partial charge in [0, 0.05) is 13.7 Å². The average molecular weight is 331 g/mol. The van der Waals surface area contributed by atoms with Gasteiger partial charge in [0.05, 0.1) is 18.3 Å². The van der Waals surface area contributed by atoms with E-state index in [0.717, 1.165) is 0 Å². The molecule has 0 aliphatic carbocycles. The molecule has 1 atom stereocenters. The van der Waals surface area contributed by atoms with Crippen molar-refractivity contribution >= 4 is 11.5 Å². The minimum Gasteiger partial charge on any atom is -0.391 e. The Morgan fingerprint density at radius 2 is 2.08 bits per heavy atom. The van der Waals surface area contributed by atoms with E-state index in [1.807, 2.05) is 0 Å². The summed E-state index contributed by atoms with van der Waals surface area (Å²) < 4.78 is 20.4. The Labute approximate surface area is 138 Å². The van der Waals surface area contributed by atoms with Crippen molar-refractivity contribution in [3.05, 3.63) is 42.2 Å². The Morgan fingerprint density at radius 3 is 2.88 bits per heavy atom. The van der Waals surface area contributed by atoms with Gasteiger partial charge in [-0.05, 0) is 30.7 Å². The van der Waals surface area contributed by atoms with Crippen molar-refractivity contribution in [1.29, 1.82) is 0 Å². The zero-order chi connectivity index (χ0) is 16.9. The van der Waals surface area contributed by atoms with E-state index in [2.05, 4.69) is 20.6 Å². The molecule has 2 heterocycles. The largest absolute Gasteiger partial charge is 0.391 e. The lowest BCUT2D eigenvalue weighted by molar-refractivity contribution is 0.0615. The van der Waals surface area contributed by atoms with Crippen LogP contribution >= 0.6 is 0 Å². The summed E-state index contributed by atoms with van der Waals surface area (Å²) in [6.45, 7) is 0.817. The van der Waals surface area contributed by atoms with Crippen molar-refractivity contribution < 1.29 is 14.2 Å². The van der Waals surface area contributed by atoms with Crippen LogP contribution in [0.15, 0.2) is 36.4 Å². The van der Waals surface area contributed by atoms with Crippen LogP contribution in [0.2, 0.25) is 0 Å². The lowest BCUT2D eigenvalue weighted by Crippen LogP contribution is -2.18. The molecule has 0 spiro atoms. The summed E-state index contributed by atoms with van der Waals surface area (Å²) in [6.07, 6.45) is -0.00858. The molecule has 1 unspecified atom stereocenters. The van der Waals surface area contributed by atoms with E-state index < -0.39 is 6.10 Å². The van der Waals surface area contributed by atoms with Gasteiger partial charge >= 0.3 is 0 Å². The van der Waals surface area contributed by atoms with Gasteiger partial charge in [-0.15, -0.1) is 15.3 Å². The minimum absolute atomic E-state index is 0.289. The molecule has 0 fully saturated rings. The molecule has 0 saturated carbocycles. The summed E-state index contributed by atoms with van der Waals surface area (Å²) in [7, 11) is 1.54. The number of aromatic nitrogens is 4. The van der Waals surface area contributed by atoms with Gasteiger partial charge in [-0.3, -0.25) is 0 Å². The van der Waals surface area contributed by atoms with E-state index in [0.29, 0.717) is 35.8 Å². The fraction of sp³-hybridized carbons (Fsp3) is 0.312. The van der Waals surface area contributed by atoms with E-state index in [-0.39, 0.29) is 12.4 Å². The molecule has 0 radical (unpaired) electrons. The molecule has 0 aliphatic heterocycles. The van der Waals surface area contributed by atoms with E-state index in [1.165, 1.54) is 10.6 Å². The molecule has 8 heteroatoms. The van der Waals surface area contributed by atoms with Crippen molar-refractivity contribution in [1.82, 2.24) is 19.8 Å². The van der Waals surface area contributed by atoms with E-state index in [9.17, 15) is 9.50 Å². The number of halogens is 1. The Hall–Kier alpha value is -2.58. The van der Waals surface area contributed by atoms with Gasteiger partial charge in [-0.2, -0.15) is 4.52 Å². The molecule has 24 heavy (non-hydrogen) atoms. The Kier molecular flexibility index (Phi) is 4.97. The highest BCUT2D eigenvalue weighted by atomic mass is 19.1. The second kappa shape index (κ2) is 7.33. The summed E-state index contributed by atoms with van der Waals surface area (Å²) >= 11 is 0. The maximum atomic E-state index is 14.0. The Morgan fingerprint density at radius 1 is 1.25 bits per heavy atom. The zero-order valence-corrected chi connectivity index (χ0v) is 13.2. The summed E-state index contributed by atoms with van der Waals surface area (Å²) in [4.78, 5) is 0. The van der Waals surface area contributed by atoms with Gasteiger partial charge in [-0.1, -0.05) is 12.1 Å². The maximum Gasteiger partial charge on any atom is 0.188 e. The minimum atomic E-state index is -0.532. The van der Waals surface area contributed by atoms with Crippen molar-refractivity contribution in [3.63, 3.8) is 0 Å². The number of hydrogen-bond acceptors (Lipinski definition) is 6. The van der Waals surface area contributed by atoms with Crippen LogP contribution in [0.3, 0.4) is 0 Å². The van der Waals surface area contributed by atoms with Gasteiger partial charge in [0.1, 0.15) is 11.6 Å². The number of aliphatic hydroxyl groups is 1. The smallest absolute Gasteiger partial charge is 0.188 e. The summed E-state index contributed by atoms with van der Waals surface area (Å²) in [5, 5.41) is 25.2. The maximum absolute atomic E-state index is 14.0. The molecule has 2 N–H and O–H groups in total. The first-order valence-corrected chi connectivity index (χ1v) is 7.57. The van der Waals surface area contributed by atoms with Crippen LogP contribution in [0.25, 0.3) is 17.0 Å². The van der Waals surface area contributed by atoms with Crippen molar-refractivity contribution in [2.24, 2.45) is 0 Å². The SMILES string of the molecule is COCC(O)CCNc1ccc2nnc(-c3ccccc3F)n2n1. The average Bonchev–Trinajstić information content (AvgIpc) is 2.99. The Balaban J connectivity index is 1.80. The topological polar surface area (TPSA) is 84.6 Å². The van der Waals surface area contributed by atoms with E-state index >= 15 is 0 Å². The highest BCUT2D eigenvalue weighted by molar-refractivity contribution is 5.60. The number of anilines is 1. The number of methoxy groups -OCH3 is 1. The van der Waals surface area contributed by atoms with Gasteiger partial charge in [0.2, 0.25) is 0 Å². The molecule has 3 aromatic rings. The van der Waals surface area contributed by atoms with Crippen molar-refractivity contribution in [3.8, 4) is 11.4 Å². The summed E-state index contributed by atoms with van der Waals surface area (Å²) in [6, 6.07) is 9.87.